The van der Waals surface area contributed by atoms with Crippen LogP contribution in [0.2, 0.25) is 0 Å². The fourth-order valence-corrected chi connectivity index (χ4v) is 6.57. The van der Waals surface area contributed by atoms with E-state index >= 15 is 0 Å². The fraction of sp³-hybridized carbons (Fsp3) is 0.190. The Hall–Kier alpha value is -5.66. The standard InChI is InChI=1S/C42H40N6O/c1-4-16-39-43-38(41(2,3)49)30-47(39)29-31-25-27-32(28-26-31)36-23-14-15-24-37(36)40-44-46-48(45-40)42(33-17-8-5-9-18-33,34-19-10-6-11-20-34)35-21-12-7-13-22-35/h5-15,17-28,30,49H,4,16,29H2,1-3H3. The van der Waals surface area contributed by atoms with Gasteiger partial charge >= 0.3 is 0 Å². The molecule has 7 nitrogen and oxygen atoms in total. The number of tetrazole rings is 1. The van der Waals surface area contributed by atoms with Gasteiger partial charge in [0, 0.05) is 24.7 Å². The van der Waals surface area contributed by atoms with E-state index in [-0.39, 0.29) is 0 Å². The number of benzene rings is 5. The smallest absolute Gasteiger partial charge is 0.205 e. The van der Waals surface area contributed by atoms with Crippen LogP contribution in [-0.2, 0) is 24.1 Å². The predicted octanol–water partition coefficient (Wildman–Crippen LogP) is 8.27. The zero-order chi connectivity index (χ0) is 33.8. The Labute approximate surface area is 287 Å². The second kappa shape index (κ2) is 13.5. The molecular formula is C42H40N6O. The van der Waals surface area contributed by atoms with Gasteiger partial charge in [-0.2, -0.15) is 0 Å². The number of aliphatic hydroxyl groups is 1. The summed E-state index contributed by atoms with van der Waals surface area (Å²) in [7, 11) is 0. The average Bonchev–Trinajstić information content (AvgIpc) is 3.79. The van der Waals surface area contributed by atoms with Crippen molar-refractivity contribution < 1.29 is 5.11 Å². The summed E-state index contributed by atoms with van der Waals surface area (Å²) in [6, 6.07) is 48.0. The first kappa shape index (κ1) is 31.9. The molecule has 0 spiro atoms. The first-order chi connectivity index (χ1) is 23.9. The topological polar surface area (TPSA) is 81.7 Å². The lowest BCUT2D eigenvalue weighted by molar-refractivity contribution is 0.0741. The van der Waals surface area contributed by atoms with Crippen molar-refractivity contribution in [2.45, 2.75) is 51.3 Å². The maximum absolute atomic E-state index is 10.6. The molecule has 0 amide bonds. The van der Waals surface area contributed by atoms with Crippen LogP contribution in [0.4, 0.5) is 0 Å². The molecule has 0 aliphatic heterocycles. The van der Waals surface area contributed by atoms with Crippen molar-refractivity contribution in [3.8, 4) is 22.5 Å². The van der Waals surface area contributed by atoms with Crippen LogP contribution in [0.5, 0.6) is 0 Å². The maximum Gasteiger partial charge on any atom is 0.205 e. The second-order valence-electron chi connectivity index (χ2n) is 12.9. The van der Waals surface area contributed by atoms with E-state index in [1.165, 1.54) is 0 Å². The van der Waals surface area contributed by atoms with Crippen molar-refractivity contribution in [2.75, 3.05) is 0 Å². The van der Waals surface area contributed by atoms with Gasteiger partial charge in [0.15, 0.2) is 5.54 Å². The van der Waals surface area contributed by atoms with Crippen LogP contribution < -0.4 is 0 Å². The van der Waals surface area contributed by atoms with E-state index in [0.717, 1.165) is 57.6 Å². The van der Waals surface area contributed by atoms with Crippen LogP contribution in [0.25, 0.3) is 22.5 Å². The van der Waals surface area contributed by atoms with Crippen LogP contribution in [0.15, 0.2) is 146 Å². The molecule has 0 radical (unpaired) electrons. The average molecular weight is 645 g/mol. The number of aryl methyl sites for hydroxylation is 1. The monoisotopic (exact) mass is 644 g/mol. The summed E-state index contributed by atoms with van der Waals surface area (Å²) in [4.78, 5) is 6.51. The van der Waals surface area contributed by atoms with Gasteiger partial charge in [0.25, 0.3) is 0 Å². The van der Waals surface area contributed by atoms with Crippen LogP contribution in [-0.4, -0.2) is 34.9 Å². The lowest BCUT2D eigenvalue weighted by Crippen LogP contribution is -2.39. The molecule has 0 fully saturated rings. The summed E-state index contributed by atoms with van der Waals surface area (Å²) in [5.41, 5.74) is 6.11. The molecule has 0 aliphatic carbocycles. The van der Waals surface area contributed by atoms with E-state index in [1.54, 1.807) is 18.6 Å². The minimum Gasteiger partial charge on any atom is -0.384 e. The molecule has 0 unspecified atom stereocenters. The lowest BCUT2D eigenvalue weighted by atomic mass is 9.77. The largest absolute Gasteiger partial charge is 0.384 e. The van der Waals surface area contributed by atoms with Gasteiger partial charge in [0.2, 0.25) is 5.82 Å². The van der Waals surface area contributed by atoms with Crippen molar-refractivity contribution >= 4 is 0 Å². The third kappa shape index (κ3) is 6.21. The quantitative estimate of drug-likeness (QED) is 0.143. The second-order valence-corrected chi connectivity index (χ2v) is 12.9. The minimum atomic E-state index is -0.986. The van der Waals surface area contributed by atoms with E-state index in [9.17, 15) is 5.11 Å². The molecule has 7 rings (SSSR count). The number of hydrogen-bond acceptors (Lipinski definition) is 5. The van der Waals surface area contributed by atoms with Gasteiger partial charge in [-0.25, -0.2) is 4.98 Å². The van der Waals surface area contributed by atoms with Gasteiger partial charge in [-0.1, -0.05) is 146 Å². The van der Waals surface area contributed by atoms with E-state index in [1.807, 2.05) is 36.5 Å². The number of rotatable bonds is 11. The highest BCUT2D eigenvalue weighted by atomic mass is 16.3. The Balaban J connectivity index is 1.27. The molecule has 7 aromatic rings. The van der Waals surface area contributed by atoms with E-state index < -0.39 is 11.1 Å². The molecule has 0 saturated heterocycles. The van der Waals surface area contributed by atoms with Gasteiger partial charge < -0.3 is 9.67 Å². The molecule has 1 N–H and O–H groups in total. The molecule has 0 saturated carbocycles. The highest BCUT2D eigenvalue weighted by molar-refractivity contribution is 5.80. The highest BCUT2D eigenvalue weighted by Gasteiger charge is 2.41. The molecule has 0 bridgehead atoms. The minimum absolute atomic E-state index is 0.550. The summed E-state index contributed by atoms with van der Waals surface area (Å²) < 4.78 is 2.15. The van der Waals surface area contributed by atoms with Gasteiger partial charge in [0.05, 0.1) is 5.69 Å². The molecule has 2 heterocycles. The Morgan fingerprint density at radius 2 is 1.18 bits per heavy atom. The summed E-state index contributed by atoms with van der Waals surface area (Å²) in [6.45, 7) is 6.38. The number of hydrogen-bond donors (Lipinski definition) is 1. The summed E-state index contributed by atoms with van der Waals surface area (Å²) in [6.07, 6.45) is 3.82. The van der Waals surface area contributed by atoms with E-state index in [4.69, 9.17) is 20.4 Å². The number of aromatic nitrogens is 6. The van der Waals surface area contributed by atoms with Crippen molar-refractivity contribution in [1.29, 1.82) is 0 Å². The molecule has 2 aromatic heterocycles. The van der Waals surface area contributed by atoms with E-state index in [0.29, 0.717) is 18.1 Å². The van der Waals surface area contributed by atoms with Crippen LogP contribution in [0, 0.1) is 0 Å². The van der Waals surface area contributed by atoms with Crippen molar-refractivity contribution in [1.82, 2.24) is 29.8 Å². The van der Waals surface area contributed by atoms with Crippen molar-refractivity contribution in [2.24, 2.45) is 0 Å². The Morgan fingerprint density at radius 1 is 0.653 bits per heavy atom. The fourth-order valence-electron chi connectivity index (χ4n) is 6.57. The van der Waals surface area contributed by atoms with Crippen LogP contribution in [0.3, 0.4) is 0 Å². The lowest BCUT2D eigenvalue weighted by Gasteiger charge is -2.34. The van der Waals surface area contributed by atoms with Gasteiger partial charge in [0.1, 0.15) is 11.4 Å². The Morgan fingerprint density at radius 3 is 1.71 bits per heavy atom. The SMILES string of the molecule is CCCc1nc(C(C)(C)O)cn1Cc1ccc(-c2ccccc2-c2nnn(C(c3ccccc3)(c3ccccc3)c3ccccc3)n2)cc1. The zero-order valence-corrected chi connectivity index (χ0v) is 28.1. The van der Waals surface area contributed by atoms with Gasteiger partial charge in [-0.3, -0.25) is 0 Å². The summed E-state index contributed by atoms with van der Waals surface area (Å²) >= 11 is 0. The van der Waals surface area contributed by atoms with Crippen molar-refractivity contribution in [3.05, 3.63) is 179 Å². The van der Waals surface area contributed by atoms with Crippen molar-refractivity contribution in [3.63, 3.8) is 0 Å². The summed E-state index contributed by atoms with van der Waals surface area (Å²) in [5, 5.41) is 25.2. The normalized spacial score (nSPS) is 11.9. The molecule has 7 heteroatoms. The predicted molar refractivity (Wildman–Crippen MR) is 194 cm³/mol. The zero-order valence-electron chi connectivity index (χ0n) is 28.1. The molecule has 49 heavy (non-hydrogen) atoms. The molecule has 0 aliphatic rings. The first-order valence-electron chi connectivity index (χ1n) is 16.8. The Kier molecular flexibility index (Phi) is 8.76. The number of nitrogens with zero attached hydrogens (tertiary/aromatic N) is 6. The van der Waals surface area contributed by atoms with E-state index in [2.05, 4.69) is 121 Å². The molecule has 244 valence electrons. The molecule has 5 aromatic carbocycles. The van der Waals surface area contributed by atoms with Gasteiger partial charge in [-0.05, 0) is 58.9 Å². The van der Waals surface area contributed by atoms with Crippen LogP contribution >= 0.6 is 0 Å². The number of imidazole rings is 1. The third-order valence-electron chi connectivity index (χ3n) is 9.03. The molecule has 0 atom stereocenters. The maximum atomic E-state index is 10.6. The molecular weight excluding hydrogens is 605 g/mol. The van der Waals surface area contributed by atoms with Crippen LogP contribution in [0.1, 0.15) is 61.0 Å². The summed E-state index contributed by atoms with van der Waals surface area (Å²) in [5.74, 6) is 1.54. The highest BCUT2D eigenvalue weighted by Crippen LogP contribution is 2.40. The Bertz CT molecular complexity index is 2030. The third-order valence-corrected chi connectivity index (χ3v) is 9.03. The van der Waals surface area contributed by atoms with Gasteiger partial charge in [-0.15, -0.1) is 15.0 Å². The first-order valence-corrected chi connectivity index (χ1v) is 16.8.